The van der Waals surface area contributed by atoms with E-state index in [1.54, 1.807) is 13.2 Å². The minimum Gasteiger partial charge on any atom is -0.393 e. The molecule has 2 N–H and O–H groups in total. The van der Waals surface area contributed by atoms with Gasteiger partial charge in [-0.1, -0.05) is 0 Å². The molecule has 40 valence electrons. The molecule has 2 nitrogen and oxygen atoms in total. The van der Waals surface area contributed by atoms with Crippen molar-refractivity contribution in [1.82, 2.24) is 5.32 Å². The predicted octanol–water partition coefficient (Wildman–Crippen LogP) is 1.09. The van der Waals surface area contributed by atoms with E-state index in [9.17, 15) is 0 Å². The van der Waals surface area contributed by atoms with Crippen molar-refractivity contribution in [3.8, 4) is 0 Å². The third-order valence-electron chi connectivity index (χ3n) is 0.420. The number of rotatable bonds is 2. The first-order valence-electron chi connectivity index (χ1n) is 1.84. The van der Waals surface area contributed by atoms with E-state index in [0.717, 1.165) is 4.48 Å². The van der Waals surface area contributed by atoms with Gasteiger partial charge in [0, 0.05) is 19.5 Å². The maximum absolute atomic E-state index is 6.63. The van der Waals surface area contributed by atoms with Crippen LogP contribution in [0.25, 0.3) is 0 Å². The van der Waals surface area contributed by atoms with Gasteiger partial charge in [0.25, 0.3) is 0 Å². The van der Waals surface area contributed by atoms with Crippen LogP contribution >= 0.6 is 15.9 Å². The van der Waals surface area contributed by atoms with Gasteiger partial charge in [-0.25, -0.2) is 0 Å². The van der Waals surface area contributed by atoms with Crippen LogP contribution in [-0.4, -0.2) is 13.3 Å². The number of hydrogen-bond donors (Lipinski definition) is 2. The highest BCUT2D eigenvalue weighted by atomic mass is 79.9. The fourth-order valence-electron chi connectivity index (χ4n) is 0.180. The Morgan fingerprint density at radius 3 is 2.57 bits per heavy atom. The Balaban J connectivity index is 3.49. The quantitative estimate of drug-likeness (QED) is 0.587. The first-order chi connectivity index (χ1) is 3.31. The van der Waals surface area contributed by atoms with Gasteiger partial charge in [-0.15, -0.1) is 0 Å². The summed E-state index contributed by atoms with van der Waals surface area (Å²) >= 11 is 3.09. The molecule has 0 aliphatic heterocycles. The lowest BCUT2D eigenvalue weighted by Gasteiger charge is -1.84. The summed E-state index contributed by atoms with van der Waals surface area (Å²) in [5, 5.41) is 9.39. The van der Waals surface area contributed by atoms with E-state index in [0.29, 0.717) is 0 Å². The van der Waals surface area contributed by atoms with Crippen LogP contribution in [0.15, 0.2) is 10.7 Å². The van der Waals surface area contributed by atoms with Crippen LogP contribution in [0.2, 0.25) is 0 Å². The normalized spacial score (nSPS) is 10.9. The molecule has 7 heavy (non-hydrogen) atoms. The van der Waals surface area contributed by atoms with Crippen molar-refractivity contribution in [3.05, 3.63) is 10.7 Å². The molecular formula is C4H7BrN2. The van der Waals surface area contributed by atoms with Crippen LogP contribution in [0.1, 0.15) is 0 Å². The van der Waals surface area contributed by atoms with Gasteiger partial charge >= 0.3 is 0 Å². The summed E-state index contributed by atoms with van der Waals surface area (Å²) in [5.41, 5.74) is 0. The Hall–Kier alpha value is -0.310. The lowest BCUT2D eigenvalue weighted by Crippen LogP contribution is -1.92. The first-order valence-corrected chi connectivity index (χ1v) is 2.64. The zero-order chi connectivity index (χ0) is 5.70. The van der Waals surface area contributed by atoms with E-state index < -0.39 is 0 Å². The van der Waals surface area contributed by atoms with Gasteiger partial charge in [0.2, 0.25) is 0 Å². The molecule has 0 aromatic rings. The van der Waals surface area contributed by atoms with Gasteiger partial charge in [0.1, 0.15) is 0 Å². The number of hydrogen-bond acceptors (Lipinski definition) is 2. The van der Waals surface area contributed by atoms with Crippen LogP contribution in [0, 0.1) is 5.41 Å². The fraction of sp³-hybridized carbons (Fsp3) is 0.250. The van der Waals surface area contributed by atoms with Crippen molar-refractivity contribution in [3.63, 3.8) is 0 Å². The molecule has 0 saturated carbocycles. The van der Waals surface area contributed by atoms with E-state index >= 15 is 0 Å². The van der Waals surface area contributed by atoms with Gasteiger partial charge in [-0.05, 0) is 15.9 Å². The molecule has 0 saturated heterocycles. The van der Waals surface area contributed by atoms with Crippen LogP contribution in [0.3, 0.4) is 0 Å². The molecule has 0 atom stereocenters. The van der Waals surface area contributed by atoms with Gasteiger partial charge < -0.3 is 10.7 Å². The largest absolute Gasteiger partial charge is 0.393 e. The third-order valence-corrected chi connectivity index (χ3v) is 0.878. The topological polar surface area (TPSA) is 35.9 Å². The second-order valence-electron chi connectivity index (χ2n) is 0.962. The first kappa shape index (κ1) is 6.69. The number of halogens is 1. The summed E-state index contributed by atoms with van der Waals surface area (Å²) in [6.45, 7) is 0. The van der Waals surface area contributed by atoms with Crippen molar-refractivity contribution >= 4 is 22.1 Å². The van der Waals surface area contributed by atoms with E-state index in [-0.39, 0.29) is 0 Å². The molecule has 0 heterocycles. The summed E-state index contributed by atoms with van der Waals surface area (Å²) in [4.78, 5) is 0. The molecule has 0 aliphatic carbocycles. The molecule has 0 amide bonds. The highest BCUT2D eigenvalue weighted by Crippen LogP contribution is 1.95. The minimum absolute atomic E-state index is 0.745. The van der Waals surface area contributed by atoms with Gasteiger partial charge in [-0.2, -0.15) is 0 Å². The standard InChI is InChI=1S/C4H7BrN2/c1-7-3-4(5)2-6/h2-3,6-7H,1H3/b4-3+,6-2?. The van der Waals surface area contributed by atoms with Crippen LogP contribution in [-0.2, 0) is 0 Å². The van der Waals surface area contributed by atoms with E-state index in [1.165, 1.54) is 6.21 Å². The van der Waals surface area contributed by atoms with E-state index in [1.807, 2.05) is 0 Å². The molecule has 0 aromatic carbocycles. The molecule has 0 spiro atoms. The Kier molecular flexibility index (Phi) is 3.69. The molecule has 0 aliphatic rings. The highest BCUT2D eigenvalue weighted by Gasteiger charge is 1.75. The molecule has 0 fully saturated rings. The molecular weight excluding hydrogens is 156 g/mol. The Bertz CT molecular complexity index is 87.7. The summed E-state index contributed by atoms with van der Waals surface area (Å²) in [6.07, 6.45) is 2.91. The average Bonchev–Trinajstić information content (AvgIpc) is 1.68. The Morgan fingerprint density at radius 2 is 2.43 bits per heavy atom. The Morgan fingerprint density at radius 1 is 1.86 bits per heavy atom. The molecule has 3 heteroatoms. The van der Waals surface area contributed by atoms with Crippen LogP contribution in [0.4, 0.5) is 0 Å². The lowest BCUT2D eigenvalue weighted by molar-refractivity contribution is 1.10. The number of nitrogens with one attached hydrogen (secondary N) is 2. The molecule has 0 radical (unpaired) electrons. The van der Waals surface area contributed by atoms with E-state index in [2.05, 4.69) is 21.2 Å². The van der Waals surface area contributed by atoms with Gasteiger partial charge in [0.15, 0.2) is 0 Å². The summed E-state index contributed by atoms with van der Waals surface area (Å²) in [7, 11) is 1.78. The molecule has 0 aromatic heterocycles. The molecule has 0 unspecified atom stereocenters. The highest BCUT2D eigenvalue weighted by molar-refractivity contribution is 9.12. The van der Waals surface area contributed by atoms with Gasteiger partial charge in [0.05, 0.1) is 4.48 Å². The molecule has 0 bridgehead atoms. The van der Waals surface area contributed by atoms with Crippen LogP contribution < -0.4 is 5.32 Å². The second kappa shape index (κ2) is 3.87. The van der Waals surface area contributed by atoms with Crippen molar-refractivity contribution in [2.75, 3.05) is 7.05 Å². The van der Waals surface area contributed by atoms with Gasteiger partial charge in [-0.3, -0.25) is 0 Å². The fourth-order valence-corrected chi connectivity index (χ4v) is 0.408. The maximum atomic E-state index is 6.63. The smallest absolute Gasteiger partial charge is 0.0507 e. The molecule has 0 rings (SSSR count). The van der Waals surface area contributed by atoms with Crippen LogP contribution in [0.5, 0.6) is 0 Å². The summed E-state index contributed by atoms with van der Waals surface area (Å²) in [5.74, 6) is 0. The second-order valence-corrected chi connectivity index (χ2v) is 1.88. The number of allylic oxidation sites excluding steroid dienone is 1. The summed E-state index contributed by atoms with van der Waals surface area (Å²) in [6, 6.07) is 0. The maximum Gasteiger partial charge on any atom is 0.0507 e. The SMILES string of the molecule is CN/C=C(/Br)C=N. The lowest BCUT2D eigenvalue weighted by atomic mass is 10.7. The van der Waals surface area contributed by atoms with Crippen molar-refractivity contribution in [2.45, 2.75) is 0 Å². The van der Waals surface area contributed by atoms with Crippen molar-refractivity contribution in [2.24, 2.45) is 0 Å². The van der Waals surface area contributed by atoms with Crippen molar-refractivity contribution in [1.29, 1.82) is 5.41 Å². The third kappa shape index (κ3) is 3.52. The summed E-state index contributed by atoms with van der Waals surface area (Å²) < 4.78 is 0.745. The Labute approximate surface area is 51.2 Å². The van der Waals surface area contributed by atoms with E-state index in [4.69, 9.17) is 5.41 Å². The minimum atomic E-state index is 0.745. The zero-order valence-corrected chi connectivity index (χ0v) is 5.62. The zero-order valence-electron chi connectivity index (χ0n) is 4.03. The van der Waals surface area contributed by atoms with Crippen molar-refractivity contribution < 1.29 is 0 Å². The predicted molar refractivity (Wildman–Crippen MR) is 34.9 cm³/mol. The monoisotopic (exact) mass is 162 g/mol. The average molecular weight is 163 g/mol.